The molecule has 17 heavy (non-hydrogen) atoms. The van der Waals surface area contributed by atoms with Crippen molar-refractivity contribution in [2.45, 2.75) is 12.2 Å². The summed E-state index contributed by atoms with van der Waals surface area (Å²) in [5.74, 6) is 0. The molecule has 1 aromatic carbocycles. The Labute approximate surface area is 95.7 Å². The van der Waals surface area contributed by atoms with Crippen LogP contribution in [0.3, 0.4) is 0 Å². The van der Waals surface area contributed by atoms with Crippen LogP contribution in [0.2, 0.25) is 0 Å². The average molecular weight is 241 g/mol. The van der Waals surface area contributed by atoms with Crippen molar-refractivity contribution in [1.29, 1.82) is 0 Å². The summed E-state index contributed by atoms with van der Waals surface area (Å²) < 4.78 is 38.7. The summed E-state index contributed by atoms with van der Waals surface area (Å²) in [7, 11) is 0. The number of benzene rings is 1. The van der Waals surface area contributed by atoms with Crippen LogP contribution in [0.4, 0.5) is 13.2 Å². The first kappa shape index (κ1) is 11.7. The Balaban J connectivity index is 2.25. The zero-order chi connectivity index (χ0) is 12.5. The Morgan fingerprint density at radius 1 is 1.18 bits per heavy atom. The molecule has 0 amide bonds. The summed E-state index contributed by atoms with van der Waals surface area (Å²) in [6.07, 6.45) is -1.12. The van der Waals surface area contributed by atoms with Crippen molar-refractivity contribution in [3.05, 3.63) is 48.3 Å². The van der Waals surface area contributed by atoms with E-state index >= 15 is 0 Å². The standard InChI is InChI=1S/C11H10F3N3/c12-11(13,14)10(15)8-2-4-9(5-3-8)17-7-1-6-16-17/h1-7,10H,15H2/t10-/m0/s1. The summed E-state index contributed by atoms with van der Waals surface area (Å²) in [5, 5.41) is 3.97. The van der Waals surface area contributed by atoms with Gasteiger partial charge in [0.2, 0.25) is 0 Å². The minimum absolute atomic E-state index is 0.0356. The molecule has 90 valence electrons. The van der Waals surface area contributed by atoms with Gasteiger partial charge >= 0.3 is 6.18 Å². The molecule has 0 aliphatic rings. The van der Waals surface area contributed by atoms with Crippen molar-refractivity contribution < 1.29 is 13.2 Å². The van der Waals surface area contributed by atoms with E-state index in [-0.39, 0.29) is 5.56 Å². The van der Waals surface area contributed by atoms with Crippen molar-refractivity contribution in [3.63, 3.8) is 0 Å². The molecule has 0 bridgehead atoms. The van der Waals surface area contributed by atoms with Crippen molar-refractivity contribution >= 4 is 0 Å². The summed E-state index contributed by atoms with van der Waals surface area (Å²) in [4.78, 5) is 0. The van der Waals surface area contributed by atoms with Gasteiger partial charge in [0.25, 0.3) is 0 Å². The Morgan fingerprint density at radius 2 is 1.82 bits per heavy atom. The lowest BCUT2D eigenvalue weighted by Crippen LogP contribution is -2.28. The van der Waals surface area contributed by atoms with Crippen molar-refractivity contribution in [2.75, 3.05) is 0 Å². The fourth-order valence-electron chi connectivity index (χ4n) is 1.44. The van der Waals surface area contributed by atoms with E-state index in [1.807, 2.05) is 0 Å². The van der Waals surface area contributed by atoms with Gasteiger partial charge in [0.15, 0.2) is 0 Å². The highest BCUT2D eigenvalue weighted by molar-refractivity contribution is 5.35. The molecule has 1 atom stereocenters. The highest BCUT2D eigenvalue weighted by Crippen LogP contribution is 2.30. The van der Waals surface area contributed by atoms with E-state index in [1.165, 1.54) is 12.1 Å². The van der Waals surface area contributed by atoms with Crippen molar-refractivity contribution in [1.82, 2.24) is 9.78 Å². The van der Waals surface area contributed by atoms with Crippen LogP contribution in [-0.2, 0) is 0 Å². The third kappa shape index (κ3) is 2.47. The number of aromatic nitrogens is 2. The van der Waals surface area contributed by atoms with Gasteiger partial charge in [-0.05, 0) is 23.8 Å². The number of nitrogens with zero attached hydrogens (tertiary/aromatic N) is 2. The van der Waals surface area contributed by atoms with Gasteiger partial charge in [-0.15, -0.1) is 0 Å². The smallest absolute Gasteiger partial charge is 0.316 e. The quantitative estimate of drug-likeness (QED) is 0.877. The fourth-order valence-corrected chi connectivity index (χ4v) is 1.44. The molecular weight excluding hydrogens is 231 g/mol. The van der Waals surface area contributed by atoms with Gasteiger partial charge in [-0.3, -0.25) is 0 Å². The van der Waals surface area contributed by atoms with Crippen molar-refractivity contribution in [2.24, 2.45) is 5.73 Å². The third-order valence-corrected chi connectivity index (χ3v) is 2.37. The maximum absolute atomic E-state index is 12.4. The van der Waals surface area contributed by atoms with Crippen LogP contribution < -0.4 is 5.73 Å². The number of nitrogens with two attached hydrogens (primary N) is 1. The predicted molar refractivity (Wildman–Crippen MR) is 56.5 cm³/mol. The minimum Gasteiger partial charge on any atom is -0.316 e. The second-order valence-corrected chi connectivity index (χ2v) is 3.56. The van der Waals surface area contributed by atoms with E-state index in [9.17, 15) is 13.2 Å². The second-order valence-electron chi connectivity index (χ2n) is 3.56. The zero-order valence-corrected chi connectivity index (χ0v) is 8.72. The molecule has 3 nitrogen and oxygen atoms in total. The first-order valence-corrected chi connectivity index (χ1v) is 4.91. The lowest BCUT2D eigenvalue weighted by atomic mass is 10.1. The molecule has 0 aliphatic heterocycles. The van der Waals surface area contributed by atoms with E-state index in [0.717, 1.165) is 0 Å². The first-order valence-electron chi connectivity index (χ1n) is 4.91. The minimum atomic E-state index is -4.42. The second kappa shape index (κ2) is 4.21. The highest BCUT2D eigenvalue weighted by atomic mass is 19.4. The van der Waals surface area contributed by atoms with Gasteiger partial charge in [0.1, 0.15) is 6.04 Å². The molecule has 6 heteroatoms. The number of hydrogen-bond donors (Lipinski definition) is 1. The van der Waals surface area contributed by atoms with Gasteiger partial charge in [-0.25, -0.2) is 4.68 Å². The van der Waals surface area contributed by atoms with Crippen LogP contribution in [0.15, 0.2) is 42.7 Å². The molecule has 2 rings (SSSR count). The Kier molecular flexibility index (Phi) is 2.89. The SMILES string of the molecule is N[C@@H](c1ccc(-n2cccn2)cc1)C(F)(F)F. The monoisotopic (exact) mass is 241 g/mol. The Hall–Kier alpha value is -1.82. The number of alkyl halides is 3. The lowest BCUT2D eigenvalue weighted by molar-refractivity contribution is -0.149. The molecule has 0 aliphatic carbocycles. The van der Waals surface area contributed by atoms with Crippen molar-refractivity contribution in [3.8, 4) is 5.69 Å². The molecule has 2 N–H and O–H groups in total. The van der Waals surface area contributed by atoms with E-state index < -0.39 is 12.2 Å². The maximum atomic E-state index is 12.4. The van der Waals surface area contributed by atoms with Gasteiger partial charge in [-0.1, -0.05) is 12.1 Å². The van der Waals surface area contributed by atoms with Gasteiger partial charge in [-0.2, -0.15) is 18.3 Å². The molecule has 1 heterocycles. The molecule has 0 unspecified atom stereocenters. The number of rotatable bonds is 2. The van der Waals surface area contributed by atoms with Gasteiger partial charge < -0.3 is 5.73 Å². The van der Waals surface area contributed by atoms with Crippen LogP contribution in [0.25, 0.3) is 5.69 Å². The first-order chi connectivity index (χ1) is 7.98. The van der Waals surface area contributed by atoms with Crippen LogP contribution in [0, 0.1) is 0 Å². The summed E-state index contributed by atoms with van der Waals surface area (Å²) in [6, 6.07) is 5.59. The highest BCUT2D eigenvalue weighted by Gasteiger charge is 2.37. The van der Waals surface area contributed by atoms with Crippen LogP contribution in [-0.4, -0.2) is 16.0 Å². The molecule has 0 spiro atoms. The van der Waals surface area contributed by atoms with E-state index in [0.29, 0.717) is 5.69 Å². The predicted octanol–water partition coefficient (Wildman–Crippen LogP) is 2.43. The van der Waals surface area contributed by atoms with Gasteiger partial charge in [0, 0.05) is 12.4 Å². The van der Waals surface area contributed by atoms with Crippen LogP contribution in [0.5, 0.6) is 0 Å². The molecule has 1 aromatic heterocycles. The number of hydrogen-bond acceptors (Lipinski definition) is 2. The normalized spacial score (nSPS) is 13.6. The molecule has 2 aromatic rings. The fraction of sp³-hybridized carbons (Fsp3) is 0.182. The van der Waals surface area contributed by atoms with Crippen LogP contribution >= 0.6 is 0 Å². The van der Waals surface area contributed by atoms with Crippen LogP contribution in [0.1, 0.15) is 11.6 Å². The van der Waals surface area contributed by atoms with E-state index in [4.69, 9.17) is 5.73 Å². The maximum Gasteiger partial charge on any atom is 0.407 e. The Morgan fingerprint density at radius 3 is 2.29 bits per heavy atom. The topological polar surface area (TPSA) is 43.8 Å². The Bertz CT molecular complexity index is 474. The molecule has 0 saturated heterocycles. The molecule has 0 fully saturated rings. The largest absolute Gasteiger partial charge is 0.407 e. The van der Waals surface area contributed by atoms with Gasteiger partial charge in [0.05, 0.1) is 5.69 Å². The summed E-state index contributed by atoms with van der Waals surface area (Å²) in [6.45, 7) is 0. The zero-order valence-electron chi connectivity index (χ0n) is 8.72. The van der Waals surface area contributed by atoms with E-state index in [1.54, 1.807) is 35.3 Å². The van der Waals surface area contributed by atoms with E-state index in [2.05, 4.69) is 5.10 Å². The average Bonchev–Trinajstić information content (AvgIpc) is 2.80. The lowest BCUT2D eigenvalue weighted by Gasteiger charge is -2.16. The molecule has 0 radical (unpaired) electrons. The number of halogens is 3. The molecule has 0 saturated carbocycles. The molecular formula is C11H10F3N3. The summed E-state index contributed by atoms with van der Waals surface area (Å²) in [5.41, 5.74) is 5.82. The summed E-state index contributed by atoms with van der Waals surface area (Å²) >= 11 is 0. The third-order valence-electron chi connectivity index (χ3n) is 2.37.